The highest BCUT2D eigenvalue weighted by atomic mass is 16.7. The fraction of sp³-hybridized carbons (Fsp3) is 0.900. The SMILES string of the molecule is CNC(C)(C#N)COC1CCCCO1. The summed E-state index contributed by atoms with van der Waals surface area (Å²) in [5.41, 5.74) is -0.610. The average molecular weight is 198 g/mol. The largest absolute Gasteiger partial charge is 0.353 e. The first-order valence-corrected chi connectivity index (χ1v) is 5.03. The third-order valence-corrected chi connectivity index (χ3v) is 2.49. The summed E-state index contributed by atoms with van der Waals surface area (Å²) in [7, 11) is 1.76. The van der Waals surface area contributed by atoms with Crippen molar-refractivity contribution in [1.82, 2.24) is 5.32 Å². The van der Waals surface area contributed by atoms with E-state index in [1.54, 1.807) is 7.05 Å². The van der Waals surface area contributed by atoms with Gasteiger partial charge in [0.2, 0.25) is 0 Å². The third-order valence-electron chi connectivity index (χ3n) is 2.49. The van der Waals surface area contributed by atoms with Crippen LogP contribution in [0.3, 0.4) is 0 Å². The van der Waals surface area contributed by atoms with Gasteiger partial charge in [-0.1, -0.05) is 0 Å². The summed E-state index contributed by atoms with van der Waals surface area (Å²) in [6, 6.07) is 2.18. The maximum Gasteiger partial charge on any atom is 0.157 e. The summed E-state index contributed by atoms with van der Waals surface area (Å²) in [5.74, 6) is 0. The molecule has 2 atom stereocenters. The van der Waals surface area contributed by atoms with E-state index in [-0.39, 0.29) is 6.29 Å². The highest BCUT2D eigenvalue weighted by Crippen LogP contribution is 2.15. The maximum atomic E-state index is 8.88. The van der Waals surface area contributed by atoms with Crippen LogP contribution in [0.1, 0.15) is 26.2 Å². The number of hydrogen-bond acceptors (Lipinski definition) is 4. The number of nitriles is 1. The Morgan fingerprint density at radius 2 is 2.43 bits per heavy atom. The van der Waals surface area contributed by atoms with E-state index in [1.807, 2.05) is 6.92 Å². The van der Waals surface area contributed by atoms with Crippen LogP contribution in [0.25, 0.3) is 0 Å². The summed E-state index contributed by atoms with van der Waals surface area (Å²) in [6.45, 7) is 2.95. The van der Waals surface area contributed by atoms with Gasteiger partial charge in [0.25, 0.3) is 0 Å². The molecule has 0 radical (unpaired) electrons. The standard InChI is InChI=1S/C10H18N2O2/c1-10(7-11,12-2)8-14-9-5-3-4-6-13-9/h9,12H,3-6,8H2,1-2H3. The van der Waals surface area contributed by atoms with Crippen LogP contribution in [0.4, 0.5) is 0 Å². The molecule has 0 saturated carbocycles. The zero-order chi connectivity index (χ0) is 10.4. The normalized spacial score (nSPS) is 26.5. The van der Waals surface area contributed by atoms with Crippen LogP contribution in [-0.2, 0) is 9.47 Å². The number of likely N-dealkylation sites (N-methyl/N-ethyl adjacent to an activating group) is 1. The molecule has 80 valence electrons. The van der Waals surface area contributed by atoms with Crippen molar-refractivity contribution in [3.05, 3.63) is 0 Å². The minimum Gasteiger partial charge on any atom is -0.353 e. The van der Waals surface area contributed by atoms with Gasteiger partial charge in [-0.3, -0.25) is 0 Å². The van der Waals surface area contributed by atoms with Crippen LogP contribution >= 0.6 is 0 Å². The summed E-state index contributed by atoms with van der Waals surface area (Å²) in [5, 5.41) is 11.8. The quantitative estimate of drug-likeness (QED) is 0.733. The molecular weight excluding hydrogens is 180 g/mol. The molecule has 0 aromatic heterocycles. The van der Waals surface area contributed by atoms with E-state index in [0.717, 1.165) is 25.9 Å². The fourth-order valence-corrected chi connectivity index (χ4v) is 1.26. The van der Waals surface area contributed by atoms with Crippen LogP contribution in [0.5, 0.6) is 0 Å². The number of ether oxygens (including phenoxy) is 2. The van der Waals surface area contributed by atoms with Crippen molar-refractivity contribution < 1.29 is 9.47 Å². The second-order valence-electron chi connectivity index (χ2n) is 3.80. The second kappa shape index (κ2) is 5.30. The van der Waals surface area contributed by atoms with E-state index in [2.05, 4.69) is 11.4 Å². The van der Waals surface area contributed by atoms with Gasteiger partial charge < -0.3 is 14.8 Å². The van der Waals surface area contributed by atoms with E-state index >= 15 is 0 Å². The zero-order valence-corrected chi connectivity index (χ0v) is 8.88. The lowest BCUT2D eigenvalue weighted by Gasteiger charge is -2.27. The minimum absolute atomic E-state index is 0.121. The van der Waals surface area contributed by atoms with E-state index in [9.17, 15) is 0 Å². The summed E-state index contributed by atoms with van der Waals surface area (Å²) < 4.78 is 10.9. The lowest BCUT2D eigenvalue weighted by atomic mass is 10.1. The van der Waals surface area contributed by atoms with Crippen LogP contribution in [0.15, 0.2) is 0 Å². The number of nitrogens with zero attached hydrogens (tertiary/aromatic N) is 1. The van der Waals surface area contributed by atoms with Gasteiger partial charge in [0, 0.05) is 6.61 Å². The zero-order valence-electron chi connectivity index (χ0n) is 8.88. The predicted octanol–water partition coefficient (Wildman–Crippen LogP) is 1.03. The summed E-state index contributed by atoms with van der Waals surface area (Å²) in [6.07, 6.45) is 3.07. The summed E-state index contributed by atoms with van der Waals surface area (Å²) >= 11 is 0. The first-order chi connectivity index (χ1) is 6.70. The molecule has 0 aromatic carbocycles. The van der Waals surface area contributed by atoms with Gasteiger partial charge in [0.15, 0.2) is 6.29 Å². The Bertz CT molecular complexity index is 209. The molecule has 1 heterocycles. The lowest BCUT2D eigenvalue weighted by molar-refractivity contribution is -0.168. The molecule has 2 unspecified atom stereocenters. The average Bonchev–Trinajstić information content (AvgIpc) is 2.27. The molecule has 0 amide bonds. The second-order valence-corrected chi connectivity index (χ2v) is 3.80. The molecule has 1 rings (SSSR count). The molecule has 1 aliphatic heterocycles. The van der Waals surface area contributed by atoms with Crippen LogP contribution < -0.4 is 5.32 Å². The van der Waals surface area contributed by atoms with E-state index < -0.39 is 5.54 Å². The van der Waals surface area contributed by atoms with E-state index in [0.29, 0.717) is 6.61 Å². The number of hydrogen-bond donors (Lipinski definition) is 1. The van der Waals surface area contributed by atoms with Crippen molar-refractivity contribution in [3.8, 4) is 6.07 Å². The first kappa shape index (κ1) is 11.4. The van der Waals surface area contributed by atoms with Crippen molar-refractivity contribution in [2.75, 3.05) is 20.3 Å². The van der Waals surface area contributed by atoms with Gasteiger partial charge in [0.05, 0.1) is 12.7 Å². The molecule has 1 aliphatic rings. The first-order valence-electron chi connectivity index (χ1n) is 5.03. The van der Waals surface area contributed by atoms with Gasteiger partial charge in [-0.2, -0.15) is 5.26 Å². The Kier molecular flexibility index (Phi) is 4.33. The lowest BCUT2D eigenvalue weighted by Crippen LogP contribution is -2.44. The molecule has 0 aromatic rings. The minimum atomic E-state index is -0.610. The van der Waals surface area contributed by atoms with E-state index in [1.165, 1.54) is 0 Å². The molecule has 4 heteroatoms. The molecule has 1 fully saturated rings. The molecular formula is C10H18N2O2. The van der Waals surface area contributed by atoms with Gasteiger partial charge in [-0.25, -0.2) is 0 Å². The van der Waals surface area contributed by atoms with Crippen molar-refractivity contribution in [1.29, 1.82) is 5.26 Å². The Hall–Kier alpha value is -0.630. The van der Waals surface area contributed by atoms with Gasteiger partial charge in [-0.15, -0.1) is 0 Å². The van der Waals surface area contributed by atoms with Gasteiger partial charge >= 0.3 is 0 Å². The third kappa shape index (κ3) is 3.26. The Labute approximate surface area is 85.2 Å². The van der Waals surface area contributed by atoms with Crippen LogP contribution in [0.2, 0.25) is 0 Å². The molecule has 1 N–H and O–H groups in total. The van der Waals surface area contributed by atoms with Crippen LogP contribution in [-0.4, -0.2) is 32.1 Å². The molecule has 14 heavy (non-hydrogen) atoms. The summed E-state index contributed by atoms with van der Waals surface area (Å²) in [4.78, 5) is 0. The van der Waals surface area contributed by atoms with Crippen molar-refractivity contribution in [2.24, 2.45) is 0 Å². The number of rotatable bonds is 4. The van der Waals surface area contributed by atoms with E-state index in [4.69, 9.17) is 14.7 Å². The van der Waals surface area contributed by atoms with Crippen molar-refractivity contribution >= 4 is 0 Å². The maximum absolute atomic E-state index is 8.88. The molecule has 0 bridgehead atoms. The molecule has 4 nitrogen and oxygen atoms in total. The number of nitrogens with one attached hydrogen (secondary N) is 1. The van der Waals surface area contributed by atoms with Gasteiger partial charge in [0.1, 0.15) is 5.54 Å². The monoisotopic (exact) mass is 198 g/mol. The smallest absolute Gasteiger partial charge is 0.157 e. The Morgan fingerprint density at radius 3 is 2.93 bits per heavy atom. The highest BCUT2D eigenvalue weighted by molar-refractivity contribution is 5.02. The topological polar surface area (TPSA) is 54.3 Å². The van der Waals surface area contributed by atoms with Crippen molar-refractivity contribution in [3.63, 3.8) is 0 Å². The molecule has 0 spiro atoms. The molecule has 0 aliphatic carbocycles. The Balaban J connectivity index is 2.28. The van der Waals surface area contributed by atoms with Crippen LogP contribution in [0, 0.1) is 11.3 Å². The Morgan fingerprint density at radius 1 is 1.64 bits per heavy atom. The highest BCUT2D eigenvalue weighted by Gasteiger charge is 2.24. The van der Waals surface area contributed by atoms with Crippen molar-refractivity contribution in [2.45, 2.75) is 38.0 Å². The molecule has 1 saturated heterocycles. The predicted molar refractivity (Wildman–Crippen MR) is 52.6 cm³/mol. The fourth-order valence-electron chi connectivity index (χ4n) is 1.26. The van der Waals surface area contributed by atoms with Gasteiger partial charge in [-0.05, 0) is 33.2 Å².